The maximum Gasteiger partial charge on any atom is 0.495 e. The molecule has 4 nitrogen and oxygen atoms in total. The van der Waals surface area contributed by atoms with E-state index >= 15 is 0 Å². The lowest BCUT2D eigenvalue weighted by Gasteiger charge is -2.15. The standard InChI is InChI=1S/C15H15O4P/c1-12-3-7-14(8-4-12)18-20(17,11-16)19-15-9-5-13(2)6-10-15/h3-11H,1-2H3. The van der Waals surface area contributed by atoms with Gasteiger partial charge < -0.3 is 9.05 Å². The van der Waals surface area contributed by atoms with Gasteiger partial charge in [-0.25, -0.2) is 4.57 Å². The first-order valence-electron chi connectivity index (χ1n) is 6.09. The van der Waals surface area contributed by atoms with Crippen molar-refractivity contribution in [1.82, 2.24) is 0 Å². The Morgan fingerprint density at radius 3 is 1.45 bits per heavy atom. The van der Waals surface area contributed by atoms with Crippen LogP contribution in [-0.2, 0) is 9.36 Å². The Morgan fingerprint density at radius 1 is 0.800 bits per heavy atom. The van der Waals surface area contributed by atoms with Crippen molar-refractivity contribution >= 4 is 13.6 Å². The van der Waals surface area contributed by atoms with Crippen LogP contribution in [0, 0.1) is 13.8 Å². The normalized spacial score (nSPS) is 10.9. The molecule has 0 heterocycles. The van der Waals surface area contributed by atoms with Crippen LogP contribution in [0.4, 0.5) is 0 Å². The zero-order valence-electron chi connectivity index (χ0n) is 11.3. The summed E-state index contributed by atoms with van der Waals surface area (Å²) in [6, 6.07) is 14.0. The van der Waals surface area contributed by atoms with Crippen molar-refractivity contribution in [2.45, 2.75) is 13.8 Å². The van der Waals surface area contributed by atoms with E-state index in [9.17, 15) is 9.36 Å². The number of aryl methyl sites for hydroxylation is 2. The van der Waals surface area contributed by atoms with Gasteiger partial charge in [0.05, 0.1) is 0 Å². The average Bonchev–Trinajstić information content (AvgIpc) is 2.44. The smallest absolute Gasteiger partial charge is 0.411 e. The van der Waals surface area contributed by atoms with Gasteiger partial charge in [0, 0.05) is 0 Å². The molecule has 0 aromatic heterocycles. The topological polar surface area (TPSA) is 52.6 Å². The van der Waals surface area contributed by atoms with E-state index in [0.29, 0.717) is 11.5 Å². The summed E-state index contributed by atoms with van der Waals surface area (Å²) in [4.78, 5) is 11.1. The molecule has 0 saturated heterocycles. The molecule has 0 radical (unpaired) electrons. The Balaban J connectivity index is 2.16. The minimum Gasteiger partial charge on any atom is -0.411 e. The Morgan fingerprint density at radius 2 is 1.15 bits per heavy atom. The van der Waals surface area contributed by atoms with Crippen molar-refractivity contribution < 1.29 is 18.4 Å². The largest absolute Gasteiger partial charge is 0.495 e. The monoisotopic (exact) mass is 290 g/mol. The second kappa shape index (κ2) is 5.93. The number of carbonyl (C=O) groups is 1. The summed E-state index contributed by atoms with van der Waals surface area (Å²) in [5, 5.41) is 0. The molecule has 104 valence electrons. The number of benzene rings is 2. The van der Waals surface area contributed by atoms with Crippen LogP contribution < -0.4 is 9.05 Å². The van der Waals surface area contributed by atoms with Crippen LogP contribution in [0.3, 0.4) is 0 Å². The fraction of sp³-hybridized carbons (Fsp3) is 0.133. The highest BCUT2D eigenvalue weighted by molar-refractivity contribution is 7.70. The van der Waals surface area contributed by atoms with E-state index < -0.39 is 7.60 Å². The van der Waals surface area contributed by atoms with Crippen molar-refractivity contribution in [2.24, 2.45) is 0 Å². The number of rotatable bonds is 5. The van der Waals surface area contributed by atoms with E-state index in [1.165, 1.54) is 0 Å². The fourth-order valence-corrected chi connectivity index (χ4v) is 2.51. The molecule has 0 unspecified atom stereocenters. The maximum absolute atomic E-state index is 12.3. The van der Waals surface area contributed by atoms with Gasteiger partial charge in [0.15, 0.2) is 0 Å². The first-order valence-corrected chi connectivity index (χ1v) is 7.70. The van der Waals surface area contributed by atoms with E-state index in [0.717, 1.165) is 11.1 Å². The second-order valence-corrected chi connectivity index (χ2v) is 6.11. The van der Waals surface area contributed by atoms with E-state index in [2.05, 4.69) is 0 Å². The highest BCUT2D eigenvalue weighted by atomic mass is 31.2. The molecular formula is C15H15O4P. The first kappa shape index (κ1) is 14.4. The zero-order chi connectivity index (χ0) is 14.6. The molecular weight excluding hydrogens is 275 g/mol. The lowest BCUT2D eigenvalue weighted by Crippen LogP contribution is -2.02. The van der Waals surface area contributed by atoms with Crippen molar-refractivity contribution in [3.63, 3.8) is 0 Å². The molecule has 0 bridgehead atoms. The summed E-state index contributed by atoms with van der Waals surface area (Å²) in [5.74, 6) is 0.663. The number of carbonyl (C=O) groups excluding carboxylic acids is 1. The van der Waals surface area contributed by atoms with Crippen LogP contribution in [0.2, 0.25) is 0 Å². The molecule has 2 aromatic rings. The SMILES string of the molecule is Cc1ccc(OP(=O)(C=O)Oc2ccc(C)cc2)cc1. The summed E-state index contributed by atoms with van der Waals surface area (Å²) >= 11 is 0. The van der Waals surface area contributed by atoms with E-state index in [4.69, 9.17) is 9.05 Å². The molecule has 5 heteroatoms. The summed E-state index contributed by atoms with van der Waals surface area (Å²) in [6.07, 6.45) is 0. The highest BCUT2D eigenvalue weighted by Crippen LogP contribution is 2.45. The van der Waals surface area contributed by atoms with Crippen LogP contribution in [0.25, 0.3) is 0 Å². The molecule has 20 heavy (non-hydrogen) atoms. The average molecular weight is 290 g/mol. The maximum atomic E-state index is 12.3. The van der Waals surface area contributed by atoms with Crippen LogP contribution in [-0.4, -0.2) is 6.03 Å². The first-order chi connectivity index (χ1) is 9.50. The van der Waals surface area contributed by atoms with Crippen molar-refractivity contribution in [3.8, 4) is 11.5 Å². The van der Waals surface area contributed by atoms with Gasteiger partial charge in [-0.3, -0.25) is 4.79 Å². The minimum absolute atomic E-state index is 0.215. The van der Waals surface area contributed by atoms with E-state index in [-0.39, 0.29) is 6.03 Å². The van der Waals surface area contributed by atoms with Gasteiger partial charge in [-0.15, -0.1) is 0 Å². The predicted octanol–water partition coefficient (Wildman–Crippen LogP) is 4.14. The fourth-order valence-electron chi connectivity index (χ4n) is 1.55. The van der Waals surface area contributed by atoms with E-state index in [1.54, 1.807) is 48.5 Å². The third-order valence-corrected chi connectivity index (χ3v) is 3.83. The number of hydrogen-bond donors (Lipinski definition) is 0. The van der Waals surface area contributed by atoms with Gasteiger partial charge in [-0.05, 0) is 38.1 Å². The summed E-state index contributed by atoms with van der Waals surface area (Å²) in [5.41, 5.74) is 2.08. The number of hydrogen-bond acceptors (Lipinski definition) is 4. The summed E-state index contributed by atoms with van der Waals surface area (Å²) < 4.78 is 22.7. The van der Waals surface area contributed by atoms with Gasteiger partial charge in [0.1, 0.15) is 11.5 Å². The van der Waals surface area contributed by atoms with Gasteiger partial charge in [-0.1, -0.05) is 35.4 Å². The lowest BCUT2D eigenvalue weighted by molar-refractivity contribution is 0.397. The summed E-state index contributed by atoms with van der Waals surface area (Å²) in [7, 11) is -3.85. The molecule has 0 aliphatic heterocycles. The molecule has 0 aliphatic rings. The van der Waals surface area contributed by atoms with Crippen molar-refractivity contribution in [1.29, 1.82) is 0 Å². The van der Waals surface area contributed by atoms with Crippen LogP contribution in [0.1, 0.15) is 11.1 Å². The van der Waals surface area contributed by atoms with E-state index in [1.807, 2.05) is 13.8 Å². The Labute approximate surface area is 117 Å². The minimum atomic E-state index is -3.85. The molecule has 0 N–H and O–H groups in total. The van der Waals surface area contributed by atoms with Gasteiger partial charge >= 0.3 is 7.60 Å². The summed E-state index contributed by atoms with van der Waals surface area (Å²) in [6.45, 7) is 3.85. The Kier molecular flexibility index (Phi) is 4.26. The molecule has 0 fully saturated rings. The van der Waals surface area contributed by atoms with Crippen LogP contribution in [0.5, 0.6) is 11.5 Å². The van der Waals surface area contributed by atoms with Crippen LogP contribution >= 0.6 is 7.60 Å². The lowest BCUT2D eigenvalue weighted by atomic mass is 10.2. The van der Waals surface area contributed by atoms with Gasteiger partial charge in [0.25, 0.3) is 6.03 Å². The highest BCUT2D eigenvalue weighted by Gasteiger charge is 2.27. The molecule has 0 aliphatic carbocycles. The molecule has 2 aromatic carbocycles. The predicted molar refractivity (Wildman–Crippen MR) is 78.0 cm³/mol. The molecule has 0 amide bonds. The third kappa shape index (κ3) is 3.72. The Hall–Kier alpha value is -2.06. The van der Waals surface area contributed by atoms with Crippen molar-refractivity contribution in [3.05, 3.63) is 59.7 Å². The Bertz CT molecular complexity index is 580. The second-order valence-electron chi connectivity index (χ2n) is 4.45. The molecule has 0 saturated carbocycles. The van der Waals surface area contributed by atoms with Gasteiger partial charge in [0.2, 0.25) is 0 Å². The molecule has 0 atom stereocenters. The van der Waals surface area contributed by atoms with Crippen LogP contribution in [0.15, 0.2) is 48.5 Å². The van der Waals surface area contributed by atoms with Crippen molar-refractivity contribution in [2.75, 3.05) is 0 Å². The van der Waals surface area contributed by atoms with Gasteiger partial charge in [-0.2, -0.15) is 0 Å². The quantitative estimate of drug-likeness (QED) is 0.613. The molecule has 2 rings (SSSR count). The zero-order valence-corrected chi connectivity index (χ0v) is 12.2. The third-order valence-electron chi connectivity index (χ3n) is 2.64. The molecule has 0 spiro atoms.